The number of carbonyl (C=O) groups is 2. The molecule has 0 aliphatic carbocycles. The zero-order valence-electron chi connectivity index (χ0n) is 58.8. The maximum absolute atomic E-state index is 12.9. The quantitative estimate of drug-likeness (QED) is 0.0211. The second-order valence-corrected chi connectivity index (χ2v) is 27.0. The number of esters is 2. The van der Waals surface area contributed by atoms with Crippen molar-refractivity contribution >= 4 is 19.8 Å². The van der Waals surface area contributed by atoms with Gasteiger partial charge in [0.25, 0.3) is 0 Å². The standard InChI is InChI=1S/C80H138NO8P/c1-6-8-10-12-14-16-18-20-22-24-26-28-30-32-34-35-36-37-38-39-40-41-42-43-44-45-47-49-51-53-55-57-59-61-63-65-67-69-71-73-80(83)89-78(77-88-90(84,85)87-75-74-81(3,4)5)76-86-79(82)72-70-68-66-64-62-60-58-56-54-52-50-48-46-33-31-29-27-25-23-21-19-17-15-13-11-9-7-2/h8,10,14,16,19-22,25-28,31-34,36-37,39-40,42-43,78H,6-7,9,11-13,15,17-18,23-24,29-30,35,38,41,44-77H2,1-5H3/p+1/b10-8-,16-14-,21-19-,22-20-,27-25-,28-26-,33-31-,34-32-,37-36-,40-39-,43-42-. The van der Waals surface area contributed by atoms with Crippen molar-refractivity contribution in [3.05, 3.63) is 134 Å². The molecule has 90 heavy (non-hydrogen) atoms. The Morgan fingerprint density at radius 1 is 0.356 bits per heavy atom. The van der Waals surface area contributed by atoms with E-state index in [1.807, 2.05) is 21.1 Å². The van der Waals surface area contributed by atoms with Gasteiger partial charge in [-0.3, -0.25) is 18.6 Å². The molecule has 0 radical (unpaired) electrons. The van der Waals surface area contributed by atoms with Crippen molar-refractivity contribution in [1.29, 1.82) is 0 Å². The van der Waals surface area contributed by atoms with Gasteiger partial charge in [0.2, 0.25) is 0 Å². The maximum atomic E-state index is 12.9. The number of phosphoric ester groups is 1. The summed E-state index contributed by atoms with van der Waals surface area (Å²) in [6, 6.07) is 0. The van der Waals surface area contributed by atoms with Crippen LogP contribution in [0, 0.1) is 0 Å². The van der Waals surface area contributed by atoms with Gasteiger partial charge in [-0.25, -0.2) is 4.57 Å². The summed E-state index contributed by atoms with van der Waals surface area (Å²) < 4.78 is 34.8. The first-order valence-electron chi connectivity index (χ1n) is 36.9. The highest BCUT2D eigenvalue weighted by Gasteiger charge is 2.27. The Morgan fingerprint density at radius 2 is 0.633 bits per heavy atom. The molecule has 0 saturated heterocycles. The lowest BCUT2D eigenvalue weighted by atomic mass is 10.0. The van der Waals surface area contributed by atoms with Crippen LogP contribution in [0.1, 0.15) is 309 Å². The van der Waals surface area contributed by atoms with E-state index in [-0.39, 0.29) is 32.0 Å². The zero-order chi connectivity index (χ0) is 65.5. The molecular weight excluding hydrogens is 1130 g/mol. The van der Waals surface area contributed by atoms with Crippen LogP contribution in [0.4, 0.5) is 0 Å². The van der Waals surface area contributed by atoms with E-state index >= 15 is 0 Å². The van der Waals surface area contributed by atoms with Crippen LogP contribution >= 0.6 is 7.82 Å². The molecule has 0 aromatic heterocycles. The molecule has 2 atom stereocenters. The van der Waals surface area contributed by atoms with Gasteiger partial charge in [-0.15, -0.1) is 0 Å². The number of ether oxygens (including phenoxy) is 2. The van der Waals surface area contributed by atoms with Gasteiger partial charge in [0.05, 0.1) is 27.7 Å². The second-order valence-electron chi connectivity index (χ2n) is 25.6. The van der Waals surface area contributed by atoms with Crippen LogP contribution in [0.25, 0.3) is 0 Å². The van der Waals surface area contributed by atoms with Crippen LogP contribution in [-0.2, 0) is 32.7 Å². The molecule has 0 aliphatic heterocycles. The third-order valence-electron chi connectivity index (χ3n) is 15.7. The van der Waals surface area contributed by atoms with Gasteiger partial charge in [-0.05, 0) is 116 Å². The van der Waals surface area contributed by atoms with Crippen LogP contribution in [0.15, 0.2) is 134 Å². The monoisotopic (exact) mass is 1270 g/mol. The van der Waals surface area contributed by atoms with Crippen LogP contribution in [0.5, 0.6) is 0 Å². The van der Waals surface area contributed by atoms with Gasteiger partial charge in [-0.1, -0.05) is 314 Å². The summed E-state index contributed by atoms with van der Waals surface area (Å²) in [4.78, 5) is 35.9. The number of allylic oxidation sites excluding steroid dienone is 22. The van der Waals surface area contributed by atoms with Gasteiger partial charge in [0, 0.05) is 12.8 Å². The smallest absolute Gasteiger partial charge is 0.462 e. The van der Waals surface area contributed by atoms with Gasteiger partial charge >= 0.3 is 19.8 Å². The highest BCUT2D eigenvalue weighted by molar-refractivity contribution is 7.47. The SMILES string of the molecule is CC/C=C\C/C=C\C/C=C\C/C=C\C/C=C\C/C=C\C/C=C\C/C=C\CCCCCCCCCCCCCCCCC(=O)OC(COC(=O)CCCCCCCCCCCCCC/C=C\C/C=C\C/C=C\CCCCCCC)COP(=O)(O)OCC[N+](C)(C)C. The molecule has 2 unspecified atom stereocenters. The van der Waals surface area contributed by atoms with Crippen LogP contribution in [0.3, 0.4) is 0 Å². The predicted molar refractivity (Wildman–Crippen MR) is 390 cm³/mol. The highest BCUT2D eigenvalue weighted by atomic mass is 31.2. The summed E-state index contributed by atoms with van der Waals surface area (Å²) in [7, 11) is 1.47. The normalized spacial score (nSPS) is 13.9. The Labute approximate surface area is 555 Å². The Morgan fingerprint density at radius 3 is 0.944 bits per heavy atom. The van der Waals surface area contributed by atoms with Gasteiger partial charge in [0.15, 0.2) is 6.10 Å². The molecule has 516 valence electrons. The molecule has 0 aromatic carbocycles. The highest BCUT2D eigenvalue weighted by Crippen LogP contribution is 2.43. The number of phosphoric acid groups is 1. The van der Waals surface area contributed by atoms with Crippen molar-refractivity contribution in [3.8, 4) is 0 Å². The van der Waals surface area contributed by atoms with E-state index in [0.29, 0.717) is 17.4 Å². The minimum absolute atomic E-state index is 0.0269. The lowest BCUT2D eigenvalue weighted by Crippen LogP contribution is -2.37. The van der Waals surface area contributed by atoms with Crippen LogP contribution < -0.4 is 0 Å². The first-order valence-corrected chi connectivity index (χ1v) is 38.4. The lowest BCUT2D eigenvalue weighted by molar-refractivity contribution is -0.870. The fourth-order valence-corrected chi connectivity index (χ4v) is 10.8. The van der Waals surface area contributed by atoms with Crippen LogP contribution in [0.2, 0.25) is 0 Å². The van der Waals surface area contributed by atoms with E-state index in [4.69, 9.17) is 18.5 Å². The summed E-state index contributed by atoms with van der Waals surface area (Å²) in [6.07, 6.45) is 101. The summed E-state index contributed by atoms with van der Waals surface area (Å²) in [5.41, 5.74) is 0. The molecule has 0 amide bonds. The molecule has 0 bridgehead atoms. The Bertz CT molecular complexity index is 1980. The van der Waals surface area contributed by atoms with E-state index in [1.165, 1.54) is 173 Å². The van der Waals surface area contributed by atoms with Crippen molar-refractivity contribution in [2.24, 2.45) is 0 Å². The van der Waals surface area contributed by atoms with E-state index < -0.39 is 26.5 Å². The van der Waals surface area contributed by atoms with Crippen molar-refractivity contribution in [3.63, 3.8) is 0 Å². The number of likely N-dealkylation sites (N-methyl/N-ethyl adjacent to an activating group) is 1. The largest absolute Gasteiger partial charge is 0.472 e. The number of nitrogens with zero attached hydrogens (tertiary/aromatic N) is 1. The van der Waals surface area contributed by atoms with E-state index in [0.717, 1.165) is 103 Å². The molecular formula is C80H139NO8P+. The van der Waals surface area contributed by atoms with Crippen molar-refractivity contribution in [1.82, 2.24) is 0 Å². The molecule has 9 nitrogen and oxygen atoms in total. The number of carbonyl (C=O) groups excluding carboxylic acids is 2. The van der Waals surface area contributed by atoms with Crippen molar-refractivity contribution in [2.45, 2.75) is 315 Å². The van der Waals surface area contributed by atoms with E-state index in [9.17, 15) is 19.0 Å². The molecule has 10 heteroatoms. The Kier molecular flexibility index (Phi) is 66.5. The third-order valence-corrected chi connectivity index (χ3v) is 16.6. The first kappa shape index (κ1) is 86.2. The average Bonchev–Trinajstić information content (AvgIpc) is 3.58. The molecule has 0 rings (SSSR count). The van der Waals surface area contributed by atoms with Crippen LogP contribution in [-0.4, -0.2) is 74.9 Å². The number of unbranched alkanes of at least 4 members (excludes halogenated alkanes) is 31. The van der Waals surface area contributed by atoms with Crippen molar-refractivity contribution < 1.29 is 42.1 Å². The number of hydrogen-bond acceptors (Lipinski definition) is 7. The van der Waals surface area contributed by atoms with Crippen molar-refractivity contribution in [2.75, 3.05) is 47.5 Å². The Hall–Kier alpha value is -3.85. The second kappa shape index (κ2) is 69.5. The van der Waals surface area contributed by atoms with Gasteiger partial charge in [0.1, 0.15) is 19.8 Å². The minimum Gasteiger partial charge on any atom is -0.462 e. The summed E-state index contributed by atoms with van der Waals surface area (Å²) in [5.74, 6) is -0.797. The topological polar surface area (TPSA) is 108 Å². The molecule has 0 aliphatic rings. The molecule has 1 N–H and O–H groups in total. The van der Waals surface area contributed by atoms with E-state index in [2.05, 4.69) is 148 Å². The summed E-state index contributed by atoms with van der Waals surface area (Å²) in [5, 5.41) is 0. The lowest BCUT2D eigenvalue weighted by Gasteiger charge is -2.24. The Balaban J connectivity index is 4.04. The molecule has 0 saturated carbocycles. The number of rotatable bonds is 67. The molecule has 0 aromatic rings. The summed E-state index contributed by atoms with van der Waals surface area (Å²) in [6.45, 7) is 4.32. The number of hydrogen-bond donors (Lipinski definition) is 1. The average molecular weight is 1270 g/mol. The predicted octanol–water partition coefficient (Wildman–Crippen LogP) is 24.4. The first-order chi connectivity index (χ1) is 44.0. The fraction of sp³-hybridized carbons (Fsp3) is 0.700. The molecule has 0 spiro atoms. The zero-order valence-corrected chi connectivity index (χ0v) is 59.7. The number of quaternary nitrogens is 1. The van der Waals surface area contributed by atoms with Gasteiger partial charge in [-0.2, -0.15) is 0 Å². The van der Waals surface area contributed by atoms with E-state index in [1.54, 1.807) is 0 Å². The molecule has 0 fully saturated rings. The third kappa shape index (κ3) is 73.2. The fourth-order valence-electron chi connectivity index (χ4n) is 10.0. The maximum Gasteiger partial charge on any atom is 0.472 e. The summed E-state index contributed by atoms with van der Waals surface area (Å²) >= 11 is 0. The van der Waals surface area contributed by atoms with Gasteiger partial charge < -0.3 is 18.9 Å². The minimum atomic E-state index is -4.40. The molecule has 0 heterocycles.